The number of nitrogens with zero attached hydrogens (tertiary/aromatic N) is 1. The zero-order valence-corrected chi connectivity index (χ0v) is 17.2. The molecule has 3 rings (SSSR count). The van der Waals surface area contributed by atoms with Gasteiger partial charge in [-0.2, -0.15) is 0 Å². The number of nitrogens with one attached hydrogen (secondary N) is 2. The van der Waals surface area contributed by atoms with Crippen LogP contribution in [-0.4, -0.2) is 31.7 Å². The van der Waals surface area contributed by atoms with Crippen LogP contribution in [0.5, 0.6) is 11.5 Å². The van der Waals surface area contributed by atoms with Gasteiger partial charge in [0.25, 0.3) is 5.91 Å². The standard InChI is InChI=1S/C21H22FN3O3S/c1-13-19(29-21(24-13)25-16-7-5-15(22)6-8-16)20(26)23-11-10-14-4-9-17(27-2)18(12-14)28-3/h4-9,12H,10-11H2,1-3H3,(H,23,26)(H,24,25). The van der Waals surface area contributed by atoms with Gasteiger partial charge < -0.3 is 20.1 Å². The lowest BCUT2D eigenvalue weighted by Crippen LogP contribution is -2.25. The number of amides is 1. The van der Waals surface area contributed by atoms with Crippen molar-refractivity contribution in [3.05, 3.63) is 64.4 Å². The highest BCUT2D eigenvalue weighted by Gasteiger charge is 2.15. The monoisotopic (exact) mass is 415 g/mol. The van der Waals surface area contributed by atoms with Crippen molar-refractivity contribution >= 4 is 28.1 Å². The quantitative estimate of drug-likeness (QED) is 0.573. The van der Waals surface area contributed by atoms with Gasteiger partial charge >= 0.3 is 0 Å². The number of benzene rings is 2. The van der Waals surface area contributed by atoms with E-state index >= 15 is 0 Å². The summed E-state index contributed by atoms with van der Waals surface area (Å²) in [6.07, 6.45) is 0.657. The molecule has 0 saturated carbocycles. The number of hydrogen-bond donors (Lipinski definition) is 2. The first kappa shape index (κ1) is 20.6. The van der Waals surface area contributed by atoms with Crippen LogP contribution in [0.4, 0.5) is 15.2 Å². The fourth-order valence-electron chi connectivity index (χ4n) is 2.75. The van der Waals surface area contributed by atoms with Crippen molar-refractivity contribution in [1.29, 1.82) is 0 Å². The minimum absolute atomic E-state index is 0.173. The molecule has 2 N–H and O–H groups in total. The average Bonchev–Trinajstić information content (AvgIpc) is 3.09. The molecule has 6 nitrogen and oxygen atoms in total. The van der Waals surface area contributed by atoms with Gasteiger partial charge in [0.1, 0.15) is 10.7 Å². The van der Waals surface area contributed by atoms with E-state index < -0.39 is 0 Å². The van der Waals surface area contributed by atoms with Crippen LogP contribution in [0.15, 0.2) is 42.5 Å². The van der Waals surface area contributed by atoms with Crippen LogP contribution in [0, 0.1) is 12.7 Å². The van der Waals surface area contributed by atoms with Crippen molar-refractivity contribution < 1.29 is 18.7 Å². The summed E-state index contributed by atoms with van der Waals surface area (Å²) in [5, 5.41) is 6.59. The Morgan fingerprint density at radius 3 is 2.52 bits per heavy atom. The van der Waals surface area contributed by atoms with Crippen LogP contribution in [0.3, 0.4) is 0 Å². The van der Waals surface area contributed by atoms with Gasteiger partial charge in [-0.05, 0) is 55.3 Å². The molecule has 3 aromatic rings. The molecular weight excluding hydrogens is 393 g/mol. The third kappa shape index (κ3) is 5.23. The Hall–Kier alpha value is -3.13. The lowest BCUT2D eigenvalue weighted by Gasteiger charge is -2.10. The molecule has 1 aromatic heterocycles. The Kier molecular flexibility index (Phi) is 6.66. The third-order valence-corrected chi connectivity index (χ3v) is 5.32. The molecule has 0 atom stereocenters. The van der Waals surface area contributed by atoms with Gasteiger partial charge in [-0.1, -0.05) is 17.4 Å². The number of anilines is 2. The summed E-state index contributed by atoms with van der Waals surface area (Å²) < 4.78 is 23.5. The van der Waals surface area contributed by atoms with E-state index in [0.29, 0.717) is 45.9 Å². The Labute approximate surface area is 172 Å². The van der Waals surface area contributed by atoms with E-state index in [1.54, 1.807) is 33.3 Å². The van der Waals surface area contributed by atoms with Crippen LogP contribution >= 0.6 is 11.3 Å². The molecule has 152 valence electrons. The highest BCUT2D eigenvalue weighted by atomic mass is 32.1. The Morgan fingerprint density at radius 2 is 1.83 bits per heavy atom. The maximum atomic E-state index is 13.0. The number of aromatic nitrogens is 1. The molecule has 0 bridgehead atoms. The summed E-state index contributed by atoms with van der Waals surface area (Å²) in [4.78, 5) is 17.5. The van der Waals surface area contributed by atoms with Crippen molar-refractivity contribution in [3.63, 3.8) is 0 Å². The van der Waals surface area contributed by atoms with E-state index in [4.69, 9.17) is 9.47 Å². The van der Waals surface area contributed by atoms with E-state index in [1.807, 2.05) is 18.2 Å². The van der Waals surface area contributed by atoms with Crippen LogP contribution in [-0.2, 0) is 6.42 Å². The molecule has 0 aliphatic rings. The predicted molar refractivity (Wildman–Crippen MR) is 112 cm³/mol. The lowest BCUT2D eigenvalue weighted by molar-refractivity contribution is 0.0957. The van der Waals surface area contributed by atoms with Crippen molar-refractivity contribution in [1.82, 2.24) is 10.3 Å². The predicted octanol–water partition coefficient (Wildman–Crippen LogP) is 4.32. The van der Waals surface area contributed by atoms with Crippen molar-refractivity contribution in [3.8, 4) is 11.5 Å². The molecule has 0 aliphatic carbocycles. The SMILES string of the molecule is COc1ccc(CCNC(=O)c2sc(Nc3ccc(F)cc3)nc2C)cc1OC. The fourth-order valence-corrected chi connectivity index (χ4v) is 3.66. The number of hydrogen-bond acceptors (Lipinski definition) is 6. The maximum Gasteiger partial charge on any atom is 0.263 e. The van der Waals surface area contributed by atoms with Crippen LogP contribution in [0.2, 0.25) is 0 Å². The second kappa shape index (κ2) is 9.38. The first-order valence-electron chi connectivity index (χ1n) is 8.99. The molecule has 29 heavy (non-hydrogen) atoms. The Balaban J connectivity index is 1.58. The normalized spacial score (nSPS) is 10.5. The summed E-state index contributed by atoms with van der Waals surface area (Å²) in [5.41, 5.74) is 2.38. The lowest BCUT2D eigenvalue weighted by atomic mass is 10.1. The molecule has 0 spiro atoms. The summed E-state index contributed by atoms with van der Waals surface area (Å²) in [6.45, 7) is 2.27. The molecular formula is C21H22FN3O3S. The third-order valence-electron chi connectivity index (χ3n) is 4.25. The van der Waals surface area contributed by atoms with Crippen molar-refractivity contribution in [2.75, 3.05) is 26.1 Å². The van der Waals surface area contributed by atoms with Crippen LogP contribution in [0.25, 0.3) is 0 Å². The molecule has 0 aliphatic heterocycles. The minimum Gasteiger partial charge on any atom is -0.493 e. The summed E-state index contributed by atoms with van der Waals surface area (Å²) >= 11 is 1.26. The van der Waals surface area contributed by atoms with E-state index in [-0.39, 0.29) is 11.7 Å². The number of ether oxygens (including phenoxy) is 2. The number of aryl methyl sites for hydroxylation is 1. The van der Waals surface area contributed by atoms with E-state index in [1.165, 1.54) is 23.5 Å². The maximum absolute atomic E-state index is 13.0. The van der Waals surface area contributed by atoms with Gasteiger partial charge in [0.15, 0.2) is 16.6 Å². The van der Waals surface area contributed by atoms with Gasteiger partial charge in [-0.15, -0.1) is 0 Å². The topological polar surface area (TPSA) is 72.5 Å². The second-order valence-electron chi connectivity index (χ2n) is 6.26. The van der Waals surface area contributed by atoms with Gasteiger partial charge in [-0.25, -0.2) is 9.37 Å². The molecule has 8 heteroatoms. The van der Waals surface area contributed by atoms with Gasteiger partial charge in [-0.3, -0.25) is 4.79 Å². The zero-order chi connectivity index (χ0) is 20.8. The average molecular weight is 415 g/mol. The summed E-state index contributed by atoms with van der Waals surface area (Å²) in [6, 6.07) is 11.7. The molecule has 1 heterocycles. The van der Waals surface area contributed by atoms with Crippen molar-refractivity contribution in [2.45, 2.75) is 13.3 Å². The smallest absolute Gasteiger partial charge is 0.263 e. The number of carbonyl (C=O) groups excluding carboxylic acids is 1. The van der Waals surface area contributed by atoms with Gasteiger partial charge in [0.05, 0.1) is 19.9 Å². The number of methoxy groups -OCH3 is 2. The van der Waals surface area contributed by atoms with Crippen LogP contribution < -0.4 is 20.1 Å². The molecule has 0 radical (unpaired) electrons. The largest absolute Gasteiger partial charge is 0.493 e. The highest BCUT2D eigenvalue weighted by molar-refractivity contribution is 7.17. The second-order valence-corrected chi connectivity index (χ2v) is 7.26. The molecule has 0 saturated heterocycles. The molecule has 2 aromatic carbocycles. The number of carbonyl (C=O) groups is 1. The minimum atomic E-state index is -0.305. The van der Waals surface area contributed by atoms with E-state index in [9.17, 15) is 9.18 Å². The zero-order valence-electron chi connectivity index (χ0n) is 16.4. The molecule has 1 amide bonds. The Morgan fingerprint density at radius 1 is 1.10 bits per heavy atom. The van der Waals surface area contributed by atoms with E-state index in [0.717, 1.165) is 5.56 Å². The fraction of sp³-hybridized carbons (Fsp3) is 0.238. The number of rotatable bonds is 8. The Bertz CT molecular complexity index is 989. The van der Waals surface area contributed by atoms with Crippen molar-refractivity contribution in [2.24, 2.45) is 0 Å². The number of thiazole rings is 1. The molecule has 0 unspecified atom stereocenters. The van der Waals surface area contributed by atoms with E-state index in [2.05, 4.69) is 15.6 Å². The summed E-state index contributed by atoms with van der Waals surface area (Å²) in [5.74, 6) is 0.848. The first-order valence-corrected chi connectivity index (χ1v) is 9.81. The summed E-state index contributed by atoms with van der Waals surface area (Å²) in [7, 11) is 3.18. The van der Waals surface area contributed by atoms with Gasteiger partial charge in [0, 0.05) is 12.2 Å². The first-order chi connectivity index (χ1) is 14.0. The number of halogens is 1. The molecule has 0 fully saturated rings. The highest BCUT2D eigenvalue weighted by Crippen LogP contribution is 2.28. The van der Waals surface area contributed by atoms with Gasteiger partial charge in [0.2, 0.25) is 0 Å². The van der Waals surface area contributed by atoms with Crippen LogP contribution in [0.1, 0.15) is 20.9 Å².